The molecule has 1 fully saturated rings. The third-order valence-corrected chi connectivity index (χ3v) is 4.90. The van der Waals surface area contributed by atoms with Crippen LogP contribution < -0.4 is 0 Å². The molecule has 0 bridgehead atoms. The van der Waals surface area contributed by atoms with Gasteiger partial charge in [0.15, 0.2) is 0 Å². The Labute approximate surface area is 156 Å². The Bertz CT molecular complexity index is 738. The van der Waals surface area contributed by atoms with E-state index in [-0.39, 0.29) is 24.9 Å². The van der Waals surface area contributed by atoms with Crippen LogP contribution in [0.25, 0.3) is 0 Å². The minimum atomic E-state index is -0.799. The minimum Gasteiger partial charge on any atom is -0.386 e. The van der Waals surface area contributed by atoms with Crippen LogP contribution in [0.2, 0.25) is 10.0 Å². The number of hydrogen-bond donors (Lipinski definition) is 1. The molecule has 132 valence electrons. The molecule has 25 heavy (non-hydrogen) atoms. The van der Waals surface area contributed by atoms with E-state index in [1.165, 1.54) is 0 Å². The van der Waals surface area contributed by atoms with E-state index < -0.39 is 6.10 Å². The molecular formula is C18H18Cl2N2O3. The quantitative estimate of drug-likeness (QED) is 0.836. The summed E-state index contributed by atoms with van der Waals surface area (Å²) in [4.78, 5) is 18.5. The number of halogens is 2. The summed E-state index contributed by atoms with van der Waals surface area (Å²) in [6.45, 7) is 1.15. The number of amides is 1. The molecule has 0 saturated carbocycles. The van der Waals surface area contributed by atoms with E-state index in [0.29, 0.717) is 28.8 Å². The van der Waals surface area contributed by atoms with Crippen LogP contribution in [0.4, 0.5) is 0 Å². The van der Waals surface area contributed by atoms with Crippen molar-refractivity contribution in [2.45, 2.75) is 18.6 Å². The largest absolute Gasteiger partial charge is 0.386 e. The van der Waals surface area contributed by atoms with E-state index in [9.17, 15) is 9.90 Å². The fourth-order valence-corrected chi connectivity index (χ4v) is 2.97. The highest BCUT2D eigenvalue weighted by atomic mass is 35.5. The van der Waals surface area contributed by atoms with Gasteiger partial charge >= 0.3 is 0 Å². The van der Waals surface area contributed by atoms with E-state index >= 15 is 0 Å². The average molecular weight is 381 g/mol. The molecule has 1 aliphatic heterocycles. The lowest BCUT2D eigenvalue weighted by atomic mass is 10.1. The van der Waals surface area contributed by atoms with Gasteiger partial charge in [-0.1, -0.05) is 35.3 Å². The SMILES string of the molecule is O=C(Cc1ccc(Cl)c(Cl)c1)N(C[C@@H](O)c1cccnc1)C1COC1. The van der Waals surface area contributed by atoms with E-state index in [2.05, 4.69) is 4.98 Å². The Balaban J connectivity index is 1.71. The molecule has 0 radical (unpaired) electrons. The van der Waals surface area contributed by atoms with Crippen molar-refractivity contribution in [3.8, 4) is 0 Å². The second-order valence-corrected chi connectivity index (χ2v) is 6.78. The lowest BCUT2D eigenvalue weighted by Crippen LogP contribution is -2.53. The maximum atomic E-state index is 12.8. The third-order valence-electron chi connectivity index (χ3n) is 4.16. The van der Waals surface area contributed by atoms with Gasteiger partial charge in [-0.25, -0.2) is 0 Å². The first-order chi connectivity index (χ1) is 12.0. The molecule has 1 amide bonds. The smallest absolute Gasteiger partial charge is 0.227 e. The van der Waals surface area contributed by atoms with Gasteiger partial charge in [0.25, 0.3) is 0 Å². The van der Waals surface area contributed by atoms with Gasteiger partial charge < -0.3 is 14.7 Å². The zero-order valence-electron chi connectivity index (χ0n) is 13.4. The summed E-state index contributed by atoms with van der Waals surface area (Å²) in [5.41, 5.74) is 1.45. The van der Waals surface area contributed by atoms with Crippen molar-refractivity contribution in [3.05, 3.63) is 63.9 Å². The Kier molecular flexibility index (Phi) is 5.91. The number of aromatic nitrogens is 1. The van der Waals surface area contributed by atoms with Gasteiger partial charge in [0.05, 0.1) is 48.4 Å². The van der Waals surface area contributed by atoms with Crippen molar-refractivity contribution < 1.29 is 14.6 Å². The second-order valence-electron chi connectivity index (χ2n) is 5.96. The molecule has 1 atom stereocenters. The van der Waals surface area contributed by atoms with Gasteiger partial charge in [0.2, 0.25) is 5.91 Å². The zero-order valence-corrected chi connectivity index (χ0v) is 15.0. The molecule has 2 heterocycles. The molecule has 1 N–H and O–H groups in total. The van der Waals surface area contributed by atoms with Crippen LogP contribution in [0.3, 0.4) is 0 Å². The van der Waals surface area contributed by atoms with Crippen LogP contribution in [0.5, 0.6) is 0 Å². The standard InChI is InChI=1S/C18H18Cl2N2O3/c19-15-4-3-12(6-16(15)20)7-18(24)22(14-10-25-11-14)9-17(23)13-2-1-5-21-8-13/h1-6,8,14,17,23H,7,9-11H2/t17-/m1/s1. The molecule has 3 rings (SSSR count). The van der Waals surface area contributed by atoms with Gasteiger partial charge in [0.1, 0.15) is 0 Å². The number of carbonyl (C=O) groups excluding carboxylic acids is 1. The Morgan fingerprint density at radius 2 is 2.12 bits per heavy atom. The zero-order chi connectivity index (χ0) is 17.8. The first-order valence-corrected chi connectivity index (χ1v) is 8.69. The fraction of sp³-hybridized carbons (Fsp3) is 0.333. The fourth-order valence-electron chi connectivity index (χ4n) is 2.65. The summed E-state index contributed by atoms with van der Waals surface area (Å²) in [6, 6.07) is 8.66. The second kappa shape index (κ2) is 8.15. The summed E-state index contributed by atoms with van der Waals surface area (Å²) in [5, 5.41) is 11.3. The topological polar surface area (TPSA) is 62.7 Å². The van der Waals surface area contributed by atoms with Gasteiger partial charge in [0, 0.05) is 18.0 Å². The van der Waals surface area contributed by atoms with Gasteiger partial charge in [-0.2, -0.15) is 0 Å². The molecule has 1 aliphatic rings. The molecule has 1 aromatic carbocycles. The first-order valence-electron chi connectivity index (χ1n) is 7.93. The maximum absolute atomic E-state index is 12.8. The molecule has 2 aromatic rings. The molecule has 0 aliphatic carbocycles. The molecular weight excluding hydrogens is 363 g/mol. The van der Waals surface area contributed by atoms with Crippen molar-refractivity contribution in [1.82, 2.24) is 9.88 Å². The maximum Gasteiger partial charge on any atom is 0.227 e. The predicted molar refractivity (Wildman–Crippen MR) is 95.7 cm³/mol. The number of rotatable bonds is 6. The molecule has 0 unspecified atom stereocenters. The van der Waals surface area contributed by atoms with Gasteiger partial charge in [-0.3, -0.25) is 9.78 Å². The summed E-state index contributed by atoms with van der Waals surface area (Å²) < 4.78 is 5.21. The summed E-state index contributed by atoms with van der Waals surface area (Å²) in [7, 11) is 0. The molecule has 0 spiro atoms. The van der Waals surface area contributed by atoms with E-state index in [4.69, 9.17) is 27.9 Å². The van der Waals surface area contributed by atoms with Crippen molar-refractivity contribution >= 4 is 29.1 Å². The monoisotopic (exact) mass is 380 g/mol. The van der Waals surface area contributed by atoms with Gasteiger partial charge in [-0.15, -0.1) is 0 Å². The highest BCUT2D eigenvalue weighted by molar-refractivity contribution is 6.42. The number of carbonyl (C=O) groups is 1. The number of benzene rings is 1. The van der Waals surface area contributed by atoms with E-state index in [1.54, 1.807) is 47.6 Å². The van der Waals surface area contributed by atoms with Crippen LogP contribution in [0.1, 0.15) is 17.2 Å². The Hall–Kier alpha value is -1.66. The van der Waals surface area contributed by atoms with Crippen LogP contribution in [-0.4, -0.2) is 46.7 Å². The number of nitrogens with zero attached hydrogens (tertiary/aromatic N) is 2. The number of pyridine rings is 1. The van der Waals surface area contributed by atoms with Crippen molar-refractivity contribution in [2.75, 3.05) is 19.8 Å². The molecule has 1 saturated heterocycles. The van der Waals surface area contributed by atoms with Crippen molar-refractivity contribution in [2.24, 2.45) is 0 Å². The van der Waals surface area contributed by atoms with Crippen LogP contribution in [-0.2, 0) is 16.0 Å². The van der Waals surface area contributed by atoms with Crippen LogP contribution >= 0.6 is 23.2 Å². The Morgan fingerprint density at radius 3 is 2.72 bits per heavy atom. The highest BCUT2D eigenvalue weighted by Gasteiger charge is 2.31. The molecule has 5 nitrogen and oxygen atoms in total. The predicted octanol–water partition coefficient (Wildman–Crippen LogP) is 2.89. The summed E-state index contributed by atoms with van der Waals surface area (Å²) >= 11 is 11.9. The molecule has 7 heteroatoms. The lowest BCUT2D eigenvalue weighted by Gasteiger charge is -2.38. The van der Waals surface area contributed by atoms with E-state index in [1.807, 2.05) is 0 Å². The highest BCUT2D eigenvalue weighted by Crippen LogP contribution is 2.24. The first kappa shape index (κ1) is 18.1. The van der Waals surface area contributed by atoms with E-state index in [0.717, 1.165) is 5.56 Å². The average Bonchev–Trinajstić information content (AvgIpc) is 2.56. The van der Waals surface area contributed by atoms with Crippen LogP contribution in [0, 0.1) is 0 Å². The molecule has 1 aromatic heterocycles. The normalized spacial score (nSPS) is 15.5. The minimum absolute atomic E-state index is 0.0263. The van der Waals surface area contributed by atoms with Crippen molar-refractivity contribution in [3.63, 3.8) is 0 Å². The summed E-state index contributed by atoms with van der Waals surface area (Å²) in [6.07, 6.45) is 2.63. The van der Waals surface area contributed by atoms with Crippen molar-refractivity contribution in [1.29, 1.82) is 0 Å². The number of hydrogen-bond acceptors (Lipinski definition) is 4. The number of aliphatic hydroxyl groups is 1. The Morgan fingerprint density at radius 1 is 1.32 bits per heavy atom. The van der Waals surface area contributed by atoms with Gasteiger partial charge in [-0.05, 0) is 23.8 Å². The number of aliphatic hydroxyl groups excluding tert-OH is 1. The number of ether oxygens (including phenoxy) is 1. The summed E-state index contributed by atoms with van der Waals surface area (Å²) in [5.74, 6) is -0.0883. The van der Waals surface area contributed by atoms with Crippen LogP contribution in [0.15, 0.2) is 42.7 Å². The third kappa shape index (κ3) is 4.50. The lowest BCUT2D eigenvalue weighted by molar-refractivity contribution is -0.146.